The number of carbonyl (C=O) groups is 2. The quantitative estimate of drug-likeness (QED) is 0.435. The van der Waals surface area contributed by atoms with Gasteiger partial charge in [0.1, 0.15) is 0 Å². The highest BCUT2D eigenvalue weighted by Gasteiger charge is 2.36. The average molecular weight is 398 g/mol. The Morgan fingerprint density at radius 1 is 1.00 bits per heavy atom. The van der Waals surface area contributed by atoms with Gasteiger partial charge in [0, 0.05) is 0 Å². The summed E-state index contributed by atoms with van der Waals surface area (Å²) in [5, 5.41) is 0.469. The monoisotopic (exact) mass is 398 g/mol. The van der Waals surface area contributed by atoms with Crippen LogP contribution in [0.3, 0.4) is 0 Å². The summed E-state index contributed by atoms with van der Waals surface area (Å²) in [6.07, 6.45) is -4.32. The molecule has 0 bridgehead atoms. The number of esters is 2. The minimum absolute atomic E-state index is 0.284. The van der Waals surface area contributed by atoms with E-state index in [1.165, 1.54) is 6.92 Å². The van der Waals surface area contributed by atoms with Crippen molar-refractivity contribution in [2.75, 3.05) is 0 Å². The van der Waals surface area contributed by atoms with E-state index in [-0.39, 0.29) is 5.56 Å². The maximum atomic E-state index is 12.2. The van der Waals surface area contributed by atoms with E-state index in [9.17, 15) is 22.8 Å². The predicted molar refractivity (Wildman–Crippen MR) is 98.8 cm³/mol. The van der Waals surface area contributed by atoms with Gasteiger partial charge in [-0.15, -0.1) is 22.4 Å². The molecule has 0 fully saturated rings. The number of ether oxygens (including phenoxy) is 2. The van der Waals surface area contributed by atoms with Crippen molar-refractivity contribution in [3.8, 4) is 0 Å². The zero-order valence-electron chi connectivity index (χ0n) is 14.7. The van der Waals surface area contributed by atoms with Gasteiger partial charge in [-0.25, -0.2) is 9.59 Å². The first-order chi connectivity index (χ1) is 12.6. The molecule has 0 radical (unpaired) electrons. The summed E-state index contributed by atoms with van der Waals surface area (Å²) in [6, 6.07) is 13.1. The summed E-state index contributed by atoms with van der Waals surface area (Å²) in [4.78, 5) is 23.5. The van der Waals surface area contributed by atoms with Gasteiger partial charge in [0.25, 0.3) is 0 Å². The molecule has 2 aromatic carbocycles. The highest BCUT2D eigenvalue weighted by atomic mass is 31.0. The minimum Gasteiger partial charge on any atom is -0.432 e. The summed E-state index contributed by atoms with van der Waals surface area (Å²) >= 11 is 0. The fourth-order valence-corrected chi connectivity index (χ4v) is 2.43. The maximum Gasteiger partial charge on any atom is 0.575 e. The molecule has 2 rings (SSSR count). The zero-order valence-corrected chi connectivity index (χ0v) is 15.8. The standard InChI is InChI=1S/C13H12F3O4P.C6H6/c1-4-19-12(18)10-7(3)6(2)9(21)5-8(10)11(17)20-13(14,15)16;1-2-4-6-5-3-1/h4-5H,1,21H2,2-3H3;1-6H. The topological polar surface area (TPSA) is 52.6 Å². The number of hydrogen-bond acceptors (Lipinski definition) is 4. The second kappa shape index (κ2) is 9.88. The maximum absolute atomic E-state index is 12.2. The van der Waals surface area contributed by atoms with Crippen LogP contribution in [0.15, 0.2) is 55.3 Å². The van der Waals surface area contributed by atoms with Crippen LogP contribution in [0.25, 0.3) is 0 Å². The van der Waals surface area contributed by atoms with Crippen LogP contribution in [0.2, 0.25) is 0 Å². The van der Waals surface area contributed by atoms with Crippen LogP contribution in [0.5, 0.6) is 0 Å². The van der Waals surface area contributed by atoms with Crippen molar-refractivity contribution in [1.82, 2.24) is 0 Å². The Labute approximate surface area is 157 Å². The summed E-state index contributed by atoms with van der Waals surface area (Å²) in [7, 11) is 2.27. The molecule has 0 aliphatic carbocycles. The van der Waals surface area contributed by atoms with Crippen LogP contribution >= 0.6 is 9.24 Å². The van der Waals surface area contributed by atoms with Crippen LogP contribution in [-0.2, 0) is 9.47 Å². The Hall–Kier alpha value is -2.66. The molecule has 27 heavy (non-hydrogen) atoms. The third kappa shape index (κ3) is 6.87. The van der Waals surface area contributed by atoms with E-state index in [4.69, 9.17) is 0 Å². The molecule has 0 N–H and O–H groups in total. The van der Waals surface area contributed by atoms with Gasteiger partial charge in [-0.2, -0.15) is 0 Å². The molecule has 0 saturated carbocycles. The third-order valence-corrected chi connectivity index (χ3v) is 4.03. The molecule has 0 aliphatic rings. The van der Waals surface area contributed by atoms with Crippen molar-refractivity contribution >= 4 is 26.5 Å². The van der Waals surface area contributed by atoms with E-state index in [0.29, 0.717) is 16.4 Å². The van der Waals surface area contributed by atoms with Gasteiger partial charge in [-0.1, -0.05) is 43.0 Å². The van der Waals surface area contributed by atoms with Crippen molar-refractivity contribution < 1.29 is 32.2 Å². The lowest BCUT2D eigenvalue weighted by atomic mass is 9.97. The van der Waals surface area contributed by atoms with Crippen molar-refractivity contribution in [3.63, 3.8) is 0 Å². The fraction of sp³-hybridized carbons (Fsp3) is 0.158. The number of rotatable bonds is 3. The largest absolute Gasteiger partial charge is 0.575 e. The molecule has 0 heterocycles. The zero-order chi connectivity index (χ0) is 20.6. The van der Waals surface area contributed by atoms with Gasteiger partial charge in [-0.3, -0.25) is 0 Å². The molecule has 1 atom stereocenters. The van der Waals surface area contributed by atoms with Crippen LogP contribution < -0.4 is 5.30 Å². The second-order valence-electron chi connectivity index (χ2n) is 5.20. The molecular formula is C19H18F3O4P. The normalized spacial score (nSPS) is 10.3. The number of alkyl halides is 3. The van der Waals surface area contributed by atoms with Gasteiger partial charge >= 0.3 is 18.3 Å². The van der Waals surface area contributed by atoms with Gasteiger partial charge in [0.05, 0.1) is 17.4 Å². The first kappa shape index (κ1) is 22.4. The molecule has 2 aromatic rings. The molecule has 0 amide bonds. The first-order valence-corrected chi connectivity index (χ1v) is 8.17. The lowest BCUT2D eigenvalue weighted by molar-refractivity contribution is -0.291. The third-order valence-electron chi connectivity index (χ3n) is 3.43. The fourth-order valence-electron chi connectivity index (χ4n) is 2.05. The Morgan fingerprint density at radius 2 is 1.48 bits per heavy atom. The van der Waals surface area contributed by atoms with E-state index < -0.39 is 23.9 Å². The summed E-state index contributed by atoms with van der Waals surface area (Å²) in [5.41, 5.74) is 0.142. The molecule has 0 spiro atoms. The first-order valence-electron chi connectivity index (χ1n) is 7.60. The molecule has 0 aromatic heterocycles. The number of halogens is 3. The SMILES string of the molecule is C=COC(=O)c1c(C(=O)OC(F)(F)F)cc(P)c(C)c1C.c1ccccc1. The van der Waals surface area contributed by atoms with E-state index in [0.717, 1.165) is 12.3 Å². The van der Waals surface area contributed by atoms with Crippen molar-refractivity contribution in [2.45, 2.75) is 20.2 Å². The second-order valence-corrected chi connectivity index (χ2v) is 5.82. The Morgan fingerprint density at radius 3 is 1.89 bits per heavy atom. The van der Waals surface area contributed by atoms with E-state index in [1.807, 2.05) is 36.4 Å². The van der Waals surface area contributed by atoms with Crippen LogP contribution in [-0.4, -0.2) is 18.3 Å². The van der Waals surface area contributed by atoms with Crippen molar-refractivity contribution in [2.24, 2.45) is 0 Å². The lowest BCUT2D eigenvalue weighted by Crippen LogP contribution is -2.24. The van der Waals surface area contributed by atoms with Gasteiger partial charge in [0.2, 0.25) is 0 Å². The number of hydrogen-bond donors (Lipinski definition) is 0. The average Bonchev–Trinajstić information content (AvgIpc) is 2.60. The molecule has 1 unspecified atom stereocenters. The Balaban J connectivity index is 0.000000511. The van der Waals surface area contributed by atoms with Gasteiger partial charge in [-0.05, 0) is 36.3 Å². The molecule has 8 heteroatoms. The van der Waals surface area contributed by atoms with E-state index in [1.54, 1.807) is 6.92 Å². The van der Waals surface area contributed by atoms with Gasteiger partial charge < -0.3 is 9.47 Å². The van der Waals surface area contributed by atoms with Crippen LogP contribution in [0.4, 0.5) is 13.2 Å². The lowest BCUT2D eigenvalue weighted by Gasteiger charge is -2.15. The van der Waals surface area contributed by atoms with Crippen LogP contribution in [0.1, 0.15) is 31.8 Å². The van der Waals surface area contributed by atoms with Gasteiger partial charge in [0.15, 0.2) is 0 Å². The Bertz CT molecular complexity index is 791. The summed E-state index contributed by atoms with van der Waals surface area (Å²) in [5.74, 6) is -2.66. The molecule has 4 nitrogen and oxygen atoms in total. The molecule has 0 aliphatic heterocycles. The highest BCUT2D eigenvalue weighted by Crippen LogP contribution is 2.24. The smallest absolute Gasteiger partial charge is 0.432 e. The predicted octanol–water partition coefficient (Wildman–Crippen LogP) is 4.47. The molecular weight excluding hydrogens is 380 g/mol. The van der Waals surface area contributed by atoms with E-state index >= 15 is 0 Å². The highest BCUT2D eigenvalue weighted by molar-refractivity contribution is 7.27. The number of carbonyl (C=O) groups excluding carboxylic acids is 2. The van der Waals surface area contributed by atoms with E-state index in [2.05, 4.69) is 25.3 Å². The summed E-state index contributed by atoms with van der Waals surface area (Å²) < 4.78 is 44.4. The Kier molecular flexibility index (Phi) is 8.19. The van der Waals surface area contributed by atoms with Crippen LogP contribution in [0, 0.1) is 13.8 Å². The minimum atomic E-state index is -5.14. The van der Waals surface area contributed by atoms with Crippen molar-refractivity contribution in [1.29, 1.82) is 0 Å². The summed E-state index contributed by atoms with van der Waals surface area (Å²) in [6.45, 7) is 6.33. The number of benzene rings is 2. The molecule has 0 saturated heterocycles. The molecule has 144 valence electrons. The van der Waals surface area contributed by atoms with Crippen molar-refractivity contribution in [3.05, 3.63) is 77.6 Å².